The molecule has 5 nitrogen and oxygen atoms in total. The minimum Gasteiger partial charge on any atom is -0.409 e. The van der Waals surface area contributed by atoms with Crippen LogP contribution in [0.5, 0.6) is 5.75 Å². The maximum atomic E-state index is 12.4. The molecule has 0 aliphatic carbocycles. The van der Waals surface area contributed by atoms with Crippen molar-refractivity contribution in [3.05, 3.63) is 40.1 Å². The first-order chi connectivity index (χ1) is 9.36. The second-order valence-corrected chi connectivity index (χ2v) is 4.56. The third-order valence-electron chi connectivity index (χ3n) is 2.08. The Bertz CT molecular complexity index is 676. The molecule has 1 aromatic carbocycles. The summed E-state index contributed by atoms with van der Waals surface area (Å²) in [4.78, 5) is 14.7. The topological polar surface area (TPSA) is 56.5 Å². The Morgan fingerprint density at radius 3 is 2.55 bits per heavy atom. The molecule has 0 spiro atoms. The van der Waals surface area contributed by atoms with Gasteiger partial charge in [-0.1, -0.05) is 29.5 Å². The maximum absolute atomic E-state index is 12.4. The van der Waals surface area contributed by atoms with E-state index in [2.05, 4.69) is 10.1 Å². The average molecular weight is 303 g/mol. The zero-order valence-corrected chi connectivity index (χ0v) is 10.9. The fourth-order valence-corrected chi connectivity index (χ4v) is 2.00. The molecule has 106 valence electrons. The van der Waals surface area contributed by atoms with Crippen LogP contribution in [-0.2, 0) is 13.2 Å². The lowest BCUT2D eigenvalue weighted by atomic mass is 10.3. The van der Waals surface area contributed by atoms with Gasteiger partial charge in [-0.2, -0.15) is 18.3 Å². The number of hydrogen-bond donors (Lipinski definition) is 0. The third kappa shape index (κ3) is 3.44. The van der Waals surface area contributed by atoms with E-state index >= 15 is 0 Å². The number of carbonyl (C=O) groups excluding carboxylic acids is 1. The monoisotopic (exact) mass is 303 g/mol. The van der Waals surface area contributed by atoms with E-state index in [0.717, 1.165) is 4.68 Å². The maximum Gasteiger partial charge on any atom is 0.445 e. The van der Waals surface area contributed by atoms with Gasteiger partial charge < -0.3 is 4.74 Å². The van der Waals surface area contributed by atoms with Crippen molar-refractivity contribution >= 4 is 17.4 Å². The highest BCUT2D eigenvalue weighted by molar-refractivity contribution is 7.09. The first kappa shape index (κ1) is 14.3. The summed E-state index contributed by atoms with van der Waals surface area (Å²) in [7, 11) is 1.26. The molecule has 0 N–H and O–H groups in total. The van der Waals surface area contributed by atoms with Gasteiger partial charge in [-0.3, -0.25) is 0 Å². The molecule has 0 unspecified atom stereocenters. The second kappa shape index (κ2) is 5.45. The molecule has 0 bridgehead atoms. The number of nitrogens with zero attached hydrogens (tertiary/aromatic N) is 3. The summed E-state index contributed by atoms with van der Waals surface area (Å²) in [5, 5.41) is 2.17. The van der Waals surface area contributed by atoms with Crippen molar-refractivity contribution in [1.82, 2.24) is 9.78 Å². The lowest BCUT2D eigenvalue weighted by molar-refractivity contribution is -0.138. The zero-order valence-electron chi connectivity index (χ0n) is 10.1. The van der Waals surface area contributed by atoms with Crippen LogP contribution >= 0.6 is 11.3 Å². The Kier molecular flexibility index (Phi) is 3.89. The van der Waals surface area contributed by atoms with Gasteiger partial charge in [-0.15, -0.1) is 4.99 Å². The fourth-order valence-electron chi connectivity index (χ4n) is 1.25. The first-order valence-electron chi connectivity index (χ1n) is 5.29. The molecule has 1 amide bonds. The Balaban J connectivity index is 2.23. The molecule has 1 aromatic heterocycles. The molecule has 9 heteroatoms. The molecule has 2 aromatic rings. The summed E-state index contributed by atoms with van der Waals surface area (Å²) < 4.78 is 43.0. The van der Waals surface area contributed by atoms with Gasteiger partial charge in [0.25, 0.3) is 0 Å². The summed E-state index contributed by atoms with van der Waals surface area (Å²) in [6, 6.07) is 8.09. The number of rotatable bonds is 1. The number of alkyl halides is 3. The number of ether oxygens (including phenoxy) is 1. The SMILES string of the molecule is Cn1nc(C(F)(F)F)s/c1=N\C(=O)Oc1ccccc1. The fraction of sp³-hybridized carbons (Fsp3) is 0.182. The molecule has 0 radical (unpaired) electrons. The van der Waals surface area contributed by atoms with E-state index in [4.69, 9.17) is 4.74 Å². The average Bonchev–Trinajstić information content (AvgIpc) is 2.72. The predicted molar refractivity (Wildman–Crippen MR) is 64.1 cm³/mol. The number of aryl methyl sites for hydroxylation is 1. The van der Waals surface area contributed by atoms with Crippen molar-refractivity contribution in [2.45, 2.75) is 6.18 Å². The molecular formula is C11H8F3N3O2S. The molecule has 0 atom stereocenters. The normalized spacial score (nSPS) is 12.5. The van der Waals surface area contributed by atoms with Crippen LogP contribution in [-0.4, -0.2) is 15.9 Å². The number of halogens is 3. The highest BCUT2D eigenvalue weighted by Crippen LogP contribution is 2.28. The van der Waals surface area contributed by atoms with Crippen molar-refractivity contribution in [3.63, 3.8) is 0 Å². The smallest absolute Gasteiger partial charge is 0.409 e. The van der Waals surface area contributed by atoms with Gasteiger partial charge in [0.15, 0.2) is 0 Å². The molecular weight excluding hydrogens is 295 g/mol. The number of hydrogen-bond acceptors (Lipinski definition) is 4. The van der Waals surface area contributed by atoms with Crippen molar-refractivity contribution < 1.29 is 22.7 Å². The van der Waals surface area contributed by atoms with Crippen LogP contribution in [0, 0.1) is 0 Å². The van der Waals surface area contributed by atoms with E-state index in [1.165, 1.54) is 19.2 Å². The molecule has 0 aliphatic heterocycles. The largest absolute Gasteiger partial charge is 0.445 e. The van der Waals surface area contributed by atoms with Crippen LogP contribution in [0.15, 0.2) is 35.3 Å². The molecule has 1 heterocycles. The number of benzene rings is 1. The number of amides is 1. The third-order valence-corrected chi connectivity index (χ3v) is 3.13. The van der Waals surface area contributed by atoms with E-state index in [1.807, 2.05) is 0 Å². The van der Waals surface area contributed by atoms with Crippen LogP contribution in [0.1, 0.15) is 5.01 Å². The zero-order chi connectivity index (χ0) is 14.8. The Labute approximate surface area is 115 Å². The Morgan fingerprint density at radius 2 is 2.00 bits per heavy atom. The van der Waals surface area contributed by atoms with Gasteiger partial charge in [0.2, 0.25) is 9.81 Å². The van der Waals surface area contributed by atoms with Crippen molar-refractivity contribution in [2.24, 2.45) is 12.0 Å². The van der Waals surface area contributed by atoms with E-state index in [-0.39, 0.29) is 21.9 Å². The molecule has 2 rings (SSSR count). The minimum absolute atomic E-state index is 0.196. The summed E-state index contributed by atoms with van der Waals surface area (Å²) >= 11 is 0.265. The predicted octanol–water partition coefficient (Wildman–Crippen LogP) is 2.60. The summed E-state index contributed by atoms with van der Waals surface area (Å²) in [5.41, 5.74) is 0. The standard InChI is InChI=1S/C11H8F3N3O2S/c1-17-9(20-8(16-17)11(12,13)14)15-10(18)19-7-5-3-2-4-6-7/h2-6H,1H3/b15-9-. The van der Waals surface area contributed by atoms with Gasteiger partial charge in [0.05, 0.1) is 0 Å². The van der Waals surface area contributed by atoms with E-state index in [0.29, 0.717) is 0 Å². The lowest BCUT2D eigenvalue weighted by Crippen LogP contribution is -2.16. The molecule has 0 aliphatic rings. The quantitative estimate of drug-likeness (QED) is 0.813. The van der Waals surface area contributed by atoms with Crippen LogP contribution in [0.25, 0.3) is 0 Å². The molecule has 20 heavy (non-hydrogen) atoms. The van der Waals surface area contributed by atoms with E-state index in [1.54, 1.807) is 18.2 Å². The highest BCUT2D eigenvalue weighted by atomic mass is 32.1. The van der Waals surface area contributed by atoms with E-state index < -0.39 is 17.3 Å². The first-order valence-corrected chi connectivity index (χ1v) is 6.11. The second-order valence-electron chi connectivity index (χ2n) is 3.60. The Hall–Kier alpha value is -2.16. The van der Waals surface area contributed by atoms with Gasteiger partial charge in [-0.25, -0.2) is 9.48 Å². The van der Waals surface area contributed by atoms with Gasteiger partial charge >= 0.3 is 12.3 Å². The van der Waals surface area contributed by atoms with Crippen LogP contribution in [0.3, 0.4) is 0 Å². The Morgan fingerprint density at radius 1 is 1.35 bits per heavy atom. The minimum atomic E-state index is -4.57. The molecule has 0 fully saturated rings. The summed E-state index contributed by atoms with van der Waals surface area (Å²) in [5.74, 6) is 0.254. The van der Waals surface area contributed by atoms with Gasteiger partial charge in [0, 0.05) is 7.05 Å². The van der Waals surface area contributed by atoms with Crippen LogP contribution < -0.4 is 9.54 Å². The summed E-state index contributed by atoms with van der Waals surface area (Å²) in [6.07, 6.45) is -5.58. The van der Waals surface area contributed by atoms with Gasteiger partial charge in [0.1, 0.15) is 5.75 Å². The molecule has 0 saturated carbocycles. The number of carbonyl (C=O) groups is 1. The lowest BCUT2D eigenvalue weighted by Gasteiger charge is -1.98. The van der Waals surface area contributed by atoms with Crippen molar-refractivity contribution in [3.8, 4) is 5.75 Å². The van der Waals surface area contributed by atoms with Crippen LogP contribution in [0.2, 0.25) is 0 Å². The number of aromatic nitrogens is 2. The van der Waals surface area contributed by atoms with Gasteiger partial charge in [-0.05, 0) is 12.1 Å². The molecule has 0 saturated heterocycles. The van der Waals surface area contributed by atoms with Crippen molar-refractivity contribution in [1.29, 1.82) is 0 Å². The highest BCUT2D eigenvalue weighted by Gasteiger charge is 2.35. The number of para-hydroxylation sites is 1. The van der Waals surface area contributed by atoms with Crippen LogP contribution in [0.4, 0.5) is 18.0 Å². The van der Waals surface area contributed by atoms with E-state index in [9.17, 15) is 18.0 Å². The summed E-state index contributed by atoms with van der Waals surface area (Å²) in [6.45, 7) is 0. The van der Waals surface area contributed by atoms with Crippen molar-refractivity contribution in [2.75, 3.05) is 0 Å².